The normalized spacial score (nSPS) is 12.6. The summed E-state index contributed by atoms with van der Waals surface area (Å²) in [5.41, 5.74) is 5.23. The molecule has 0 aromatic carbocycles. The quantitative estimate of drug-likeness (QED) is 0.819. The van der Waals surface area contributed by atoms with E-state index in [1.807, 2.05) is 0 Å². The first-order chi connectivity index (χ1) is 6.68. The molecular weight excluding hydrogens is 212 g/mol. The molecule has 1 aromatic rings. The van der Waals surface area contributed by atoms with Gasteiger partial charge in [0.2, 0.25) is 0 Å². The Labute approximate surface area is 90.3 Å². The summed E-state index contributed by atoms with van der Waals surface area (Å²) in [5.74, 6) is 0.904. The van der Waals surface area contributed by atoms with Crippen molar-refractivity contribution in [1.29, 1.82) is 0 Å². The van der Waals surface area contributed by atoms with Gasteiger partial charge in [0.15, 0.2) is 5.82 Å². The van der Waals surface area contributed by atoms with Crippen molar-refractivity contribution in [2.24, 2.45) is 10.1 Å². The van der Waals surface area contributed by atoms with Gasteiger partial charge in [-0.3, -0.25) is 0 Å². The molecule has 0 bridgehead atoms. The first-order valence-electron chi connectivity index (χ1n) is 4.48. The van der Waals surface area contributed by atoms with Gasteiger partial charge in [0.05, 0.1) is 5.54 Å². The molecule has 0 fully saturated rings. The predicted octanol–water partition coefficient (Wildman–Crippen LogP) is 1.03. The zero-order valence-corrected chi connectivity index (χ0v) is 10.2. The summed E-state index contributed by atoms with van der Waals surface area (Å²) in [6.07, 6.45) is 4.69. The highest BCUT2D eigenvalue weighted by Gasteiger charge is 2.17. The van der Waals surface area contributed by atoms with Crippen LogP contribution in [-0.2, 0) is 15.3 Å². The van der Waals surface area contributed by atoms with E-state index >= 15 is 0 Å². The van der Waals surface area contributed by atoms with Crippen LogP contribution in [0.2, 0.25) is 0 Å². The average Bonchev–Trinajstić information content (AvgIpc) is 1.99. The molecule has 0 spiro atoms. The smallest absolute Gasteiger partial charge is 0.165 e. The SMILES string of the molecule is CC(C)(N)c1nccc(N=S(C)(C)=O)n1. The third-order valence-electron chi connectivity index (χ3n) is 1.53. The van der Waals surface area contributed by atoms with E-state index in [-0.39, 0.29) is 0 Å². The lowest BCUT2D eigenvalue weighted by molar-refractivity contribution is 0.514. The number of hydrogen-bond acceptors (Lipinski definition) is 5. The fraction of sp³-hybridized carbons (Fsp3) is 0.556. The highest BCUT2D eigenvalue weighted by Crippen LogP contribution is 2.15. The number of aromatic nitrogens is 2. The molecule has 0 aliphatic heterocycles. The van der Waals surface area contributed by atoms with Gasteiger partial charge in [0.1, 0.15) is 5.82 Å². The molecule has 1 aromatic heterocycles. The largest absolute Gasteiger partial charge is 0.319 e. The lowest BCUT2D eigenvalue weighted by Gasteiger charge is -2.16. The van der Waals surface area contributed by atoms with Gasteiger partial charge in [0.25, 0.3) is 0 Å². The molecule has 0 unspecified atom stereocenters. The Morgan fingerprint density at radius 3 is 2.53 bits per heavy atom. The lowest BCUT2D eigenvalue weighted by Crippen LogP contribution is -2.31. The van der Waals surface area contributed by atoms with Gasteiger partial charge in [-0.25, -0.2) is 14.2 Å². The standard InChI is InChI=1S/C9H16N4OS/c1-9(2,10)8-11-6-5-7(12-8)13-15(3,4)14/h5-6H,10H2,1-4H3. The molecule has 2 N–H and O–H groups in total. The van der Waals surface area contributed by atoms with Gasteiger partial charge >= 0.3 is 0 Å². The van der Waals surface area contributed by atoms with Crippen LogP contribution < -0.4 is 5.73 Å². The van der Waals surface area contributed by atoms with E-state index in [1.54, 1.807) is 38.6 Å². The third-order valence-corrected chi connectivity index (χ3v) is 2.16. The Bertz CT molecular complexity index is 461. The minimum absolute atomic E-state index is 0.411. The molecular formula is C9H16N4OS. The molecule has 6 heteroatoms. The topological polar surface area (TPSA) is 81.2 Å². The van der Waals surface area contributed by atoms with Crippen LogP contribution >= 0.6 is 0 Å². The second-order valence-corrected chi connectivity index (χ2v) is 6.78. The van der Waals surface area contributed by atoms with Crippen LogP contribution in [0.1, 0.15) is 19.7 Å². The number of rotatable bonds is 2. The van der Waals surface area contributed by atoms with E-state index in [4.69, 9.17) is 5.73 Å². The fourth-order valence-electron chi connectivity index (χ4n) is 0.936. The minimum atomic E-state index is -2.20. The molecule has 0 radical (unpaired) electrons. The summed E-state index contributed by atoms with van der Waals surface area (Å²) < 4.78 is 15.4. The fourth-order valence-corrected chi connectivity index (χ4v) is 1.49. The predicted molar refractivity (Wildman–Crippen MR) is 61.3 cm³/mol. The first kappa shape index (κ1) is 12.1. The van der Waals surface area contributed by atoms with Crippen molar-refractivity contribution >= 4 is 15.5 Å². The molecule has 0 aliphatic carbocycles. The maximum Gasteiger partial charge on any atom is 0.165 e. The van der Waals surface area contributed by atoms with E-state index in [0.717, 1.165) is 0 Å². The molecule has 15 heavy (non-hydrogen) atoms. The maximum absolute atomic E-state index is 11.5. The van der Waals surface area contributed by atoms with Crippen molar-refractivity contribution in [1.82, 2.24) is 9.97 Å². The minimum Gasteiger partial charge on any atom is -0.319 e. The van der Waals surface area contributed by atoms with Crippen molar-refractivity contribution in [3.8, 4) is 0 Å². The molecule has 0 atom stereocenters. The molecule has 5 nitrogen and oxygen atoms in total. The van der Waals surface area contributed by atoms with Crippen molar-refractivity contribution in [2.45, 2.75) is 19.4 Å². The molecule has 0 saturated heterocycles. The zero-order valence-electron chi connectivity index (χ0n) is 9.39. The van der Waals surface area contributed by atoms with Gasteiger partial charge < -0.3 is 5.73 Å². The van der Waals surface area contributed by atoms with Crippen LogP contribution in [0.5, 0.6) is 0 Å². The van der Waals surface area contributed by atoms with Gasteiger partial charge in [-0.2, -0.15) is 4.36 Å². The molecule has 1 rings (SSSR count). The Hall–Kier alpha value is -1.01. The van der Waals surface area contributed by atoms with E-state index in [0.29, 0.717) is 11.6 Å². The lowest BCUT2D eigenvalue weighted by atomic mass is 10.1. The number of nitrogens with two attached hydrogens (primary N) is 1. The van der Waals surface area contributed by atoms with Crippen LogP contribution in [0.4, 0.5) is 5.82 Å². The van der Waals surface area contributed by atoms with Gasteiger partial charge in [0, 0.05) is 34.5 Å². The highest BCUT2D eigenvalue weighted by atomic mass is 32.2. The van der Waals surface area contributed by atoms with E-state index < -0.39 is 15.3 Å². The van der Waals surface area contributed by atoms with Crippen molar-refractivity contribution < 1.29 is 4.21 Å². The zero-order chi connectivity index (χ0) is 11.7. The second-order valence-electron chi connectivity index (χ2n) is 4.23. The van der Waals surface area contributed by atoms with Crippen molar-refractivity contribution in [2.75, 3.05) is 12.5 Å². The second kappa shape index (κ2) is 3.86. The maximum atomic E-state index is 11.5. The van der Waals surface area contributed by atoms with Crippen LogP contribution in [0.25, 0.3) is 0 Å². The van der Waals surface area contributed by atoms with Gasteiger partial charge in [-0.15, -0.1) is 0 Å². The monoisotopic (exact) mass is 228 g/mol. The van der Waals surface area contributed by atoms with E-state index in [2.05, 4.69) is 14.3 Å². The Morgan fingerprint density at radius 2 is 2.07 bits per heavy atom. The molecule has 84 valence electrons. The Kier molecular flexibility index (Phi) is 3.11. The van der Waals surface area contributed by atoms with Crippen LogP contribution in [0.3, 0.4) is 0 Å². The van der Waals surface area contributed by atoms with Crippen molar-refractivity contribution in [3.05, 3.63) is 18.1 Å². The van der Waals surface area contributed by atoms with Gasteiger partial charge in [-0.05, 0) is 13.8 Å². The summed E-state index contributed by atoms with van der Waals surface area (Å²) in [5, 5.41) is 0. The Morgan fingerprint density at radius 1 is 1.47 bits per heavy atom. The first-order valence-corrected chi connectivity index (χ1v) is 6.81. The highest BCUT2D eigenvalue weighted by molar-refractivity contribution is 7.92. The molecule has 0 aliphatic rings. The van der Waals surface area contributed by atoms with Crippen LogP contribution in [-0.4, -0.2) is 26.7 Å². The van der Waals surface area contributed by atoms with E-state index in [9.17, 15) is 4.21 Å². The summed E-state index contributed by atoms with van der Waals surface area (Å²) >= 11 is 0. The third kappa shape index (κ3) is 3.93. The summed E-state index contributed by atoms with van der Waals surface area (Å²) in [4.78, 5) is 8.20. The summed E-state index contributed by atoms with van der Waals surface area (Å²) in [6.45, 7) is 3.61. The number of nitrogens with zero attached hydrogens (tertiary/aromatic N) is 3. The summed E-state index contributed by atoms with van der Waals surface area (Å²) in [6, 6.07) is 1.61. The molecule has 1 heterocycles. The number of hydrogen-bond donors (Lipinski definition) is 1. The van der Waals surface area contributed by atoms with E-state index in [1.165, 1.54) is 0 Å². The Balaban J connectivity index is 3.21. The van der Waals surface area contributed by atoms with Gasteiger partial charge in [-0.1, -0.05) is 0 Å². The summed E-state index contributed by atoms with van der Waals surface area (Å²) in [7, 11) is -2.20. The van der Waals surface area contributed by atoms with Crippen LogP contribution in [0, 0.1) is 0 Å². The average molecular weight is 228 g/mol. The molecule has 0 amide bonds. The molecule has 0 saturated carbocycles. The van der Waals surface area contributed by atoms with Crippen molar-refractivity contribution in [3.63, 3.8) is 0 Å². The van der Waals surface area contributed by atoms with Crippen LogP contribution in [0.15, 0.2) is 16.6 Å².